The van der Waals surface area contributed by atoms with Crippen molar-refractivity contribution in [3.05, 3.63) is 77.4 Å². The average molecular weight is 282 g/mol. The standard InChI is InChI=1S/C18H18O3/c1-20-17(15-9-3-2-4-10-15)21-18(19)13-7-11-14-8-5-6-12-16(14)18/h2-12,17,19H,13H2,1H3. The Labute approximate surface area is 124 Å². The maximum Gasteiger partial charge on any atom is 0.199 e. The summed E-state index contributed by atoms with van der Waals surface area (Å²) in [6.45, 7) is 0. The van der Waals surface area contributed by atoms with Gasteiger partial charge in [0, 0.05) is 24.7 Å². The molecule has 3 rings (SSSR count). The first-order chi connectivity index (χ1) is 10.2. The molecule has 1 aliphatic rings. The van der Waals surface area contributed by atoms with Crippen LogP contribution in [0.5, 0.6) is 0 Å². The molecule has 0 heterocycles. The largest absolute Gasteiger partial charge is 0.361 e. The lowest BCUT2D eigenvalue weighted by atomic mass is 9.91. The Kier molecular flexibility index (Phi) is 3.88. The molecule has 21 heavy (non-hydrogen) atoms. The Morgan fingerprint density at radius 2 is 1.76 bits per heavy atom. The molecule has 2 aromatic carbocycles. The lowest BCUT2D eigenvalue weighted by Gasteiger charge is -2.34. The van der Waals surface area contributed by atoms with E-state index in [-0.39, 0.29) is 0 Å². The SMILES string of the molecule is COC(OC1(O)CC=Cc2ccccc21)c1ccccc1. The first-order valence-electron chi connectivity index (χ1n) is 6.97. The quantitative estimate of drug-likeness (QED) is 0.871. The van der Waals surface area contributed by atoms with Crippen molar-refractivity contribution in [3.63, 3.8) is 0 Å². The van der Waals surface area contributed by atoms with Gasteiger partial charge in [-0.25, -0.2) is 0 Å². The zero-order valence-corrected chi connectivity index (χ0v) is 11.9. The maximum absolute atomic E-state index is 10.9. The summed E-state index contributed by atoms with van der Waals surface area (Å²) in [5.41, 5.74) is 2.61. The van der Waals surface area contributed by atoms with Crippen LogP contribution in [0.25, 0.3) is 6.08 Å². The van der Waals surface area contributed by atoms with Crippen molar-refractivity contribution in [2.24, 2.45) is 0 Å². The van der Waals surface area contributed by atoms with E-state index in [1.807, 2.05) is 66.7 Å². The second-order valence-electron chi connectivity index (χ2n) is 5.07. The van der Waals surface area contributed by atoms with Crippen LogP contribution in [0, 0.1) is 0 Å². The van der Waals surface area contributed by atoms with Gasteiger partial charge >= 0.3 is 0 Å². The van der Waals surface area contributed by atoms with Crippen molar-refractivity contribution in [1.82, 2.24) is 0 Å². The first kappa shape index (κ1) is 14.0. The normalized spacial score (nSPS) is 21.8. The van der Waals surface area contributed by atoms with Crippen LogP contribution in [0.4, 0.5) is 0 Å². The fourth-order valence-corrected chi connectivity index (χ4v) is 2.60. The fourth-order valence-electron chi connectivity index (χ4n) is 2.60. The van der Waals surface area contributed by atoms with E-state index in [1.54, 1.807) is 7.11 Å². The van der Waals surface area contributed by atoms with Crippen LogP contribution in [0.3, 0.4) is 0 Å². The van der Waals surface area contributed by atoms with E-state index in [2.05, 4.69) is 0 Å². The zero-order chi connectivity index (χ0) is 14.7. The number of rotatable bonds is 4. The Bertz CT molecular complexity index is 636. The van der Waals surface area contributed by atoms with Gasteiger partial charge in [-0.2, -0.15) is 0 Å². The lowest BCUT2D eigenvalue weighted by Crippen LogP contribution is -2.33. The second-order valence-corrected chi connectivity index (χ2v) is 5.07. The van der Waals surface area contributed by atoms with Gasteiger partial charge in [-0.05, 0) is 5.56 Å². The number of methoxy groups -OCH3 is 1. The highest BCUT2D eigenvalue weighted by molar-refractivity contribution is 5.57. The summed E-state index contributed by atoms with van der Waals surface area (Å²) in [4.78, 5) is 0. The second kappa shape index (κ2) is 5.82. The third-order valence-corrected chi connectivity index (χ3v) is 3.66. The highest BCUT2D eigenvalue weighted by Crippen LogP contribution is 2.38. The average Bonchev–Trinajstić information content (AvgIpc) is 2.54. The molecule has 1 aliphatic carbocycles. The van der Waals surface area contributed by atoms with E-state index in [9.17, 15) is 5.11 Å². The summed E-state index contributed by atoms with van der Waals surface area (Å²) in [5, 5.41) is 10.9. The molecule has 0 saturated carbocycles. The number of fused-ring (bicyclic) bond motifs is 1. The predicted molar refractivity (Wildman–Crippen MR) is 81.3 cm³/mol. The van der Waals surface area contributed by atoms with Gasteiger partial charge in [0.15, 0.2) is 12.1 Å². The van der Waals surface area contributed by atoms with Crippen LogP contribution in [0.2, 0.25) is 0 Å². The summed E-state index contributed by atoms with van der Waals surface area (Å²) < 4.78 is 11.3. The van der Waals surface area contributed by atoms with Crippen molar-refractivity contribution in [1.29, 1.82) is 0 Å². The molecule has 1 N–H and O–H groups in total. The van der Waals surface area contributed by atoms with Crippen LogP contribution >= 0.6 is 0 Å². The Morgan fingerprint density at radius 3 is 2.52 bits per heavy atom. The van der Waals surface area contributed by atoms with Crippen LogP contribution in [0.15, 0.2) is 60.7 Å². The molecule has 3 heteroatoms. The third kappa shape index (κ3) is 2.76. The Balaban J connectivity index is 1.91. The van der Waals surface area contributed by atoms with Crippen molar-refractivity contribution < 1.29 is 14.6 Å². The van der Waals surface area contributed by atoms with Gasteiger partial charge in [-0.1, -0.05) is 66.7 Å². The monoisotopic (exact) mass is 282 g/mol. The van der Waals surface area contributed by atoms with Gasteiger partial charge in [0.1, 0.15) is 0 Å². The minimum atomic E-state index is -1.37. The number of hydrogen-bond donors (Lipinski definition) is 1. The van der Waals surface area contributed by atoms with Crippen LogP contribution in [0.1, 0.15) is 29.4 Å². The van der Waals surface area contributed by atoms with Crippen LogP contribution in [-0.4, -0.2) is 12.2 Å². The van der Waals surface area contributed by atoms with E-state index in [1.165, 1.54) is 0 Å². The van der Waals surface area contributed by atoms with Crippen molar-refractivity contribution >= 4 is 6.08 Å². The Hall–Kier alpha value is -1.94. The molecule has 0 spiro atoms. The number of benzene rings is 2. The van der Waals surface area contributed by atoms with Gasteiger partial charge < -0.3 is 14.6 Å². The van der Waals surface area contributed by atoms with Gasteiger partial charge in [-0.15, -0.1) is 0 Å². The first-order valence-corrected chi connectivity index (χ1v) is 6.97. The highest BCUT2D eigenvalue weighted by atomic mass is 16.7. The fraction of sp³-hybridized carbons (Fsp3) is 0.222. The summed E-state index contributed by atoms with van der Waals surface area (Å²) in [6, 6.07) is 17.3. The molecular weight excluding hydrogens is 264 g/mol. The third-order valence-electron chi connectivity index (χ3n) is 3.66. The smallest absolute Gasteiger partial charge is 0.199 e. The zero-order valence-electron chi connectivity index (χ0n) is 11.9. The van der Waals surface area contributed by atoms with Gasteiger partial charge in [0.25, 0.3) is 0 Å². The predicted octanol–water partition coefficient (Wildman–Crippen LogP) is 3.61. The number of aliphatic hydroxyl groups is 1. The molecule has 0 aromatic heterocycles. The molecule has 2 aromatic rings. The van der Waals surface area contributed by atoms with E-state index in [4.69, 9.17) is 9.47 Å². The number of hydrogen-bond acceptors (Lipinski definition) is 3. The molecule has 3 nitrogen and oxygen atoms in total. The minimum Gasteiger partial charge on any atom is -0.361 e. The topological polar surface area (TPSA) is 38.7 Å². The minimum absolute atomic E-state index is 0.400. The van der Waals surface area contributed by atoms with Gasteiger partial charge in [0.2, 0.25) is 0 Å². The molecule has 0 fully saturated rings. The Morgan fingerprint density at radius 1 is 1.05 bits per heavy atom. The lowest BCUT2D eigenvalue weighted by molar-refractivity contribution is -0.297. The molecule has 0 amide bonds. The molecule has 108 valence electrons. The van der Waals surface area contributed by atoms with Crippen LogP contribution in [-0.2, 0) is 15.3 Å². The molecule has 0 saturated heterocycles. The van der Waals surface area contributed by atoms with E-state index in [0.717, 1.165) is 16.7 Å². The van der Waals surface area contributed by atoms with E-state index < -0.39 is 12.1 Å². The molecule has 0 bridgehead atoms. The molecule has 2 atom stereocenters. The number of ether oxygens (including phenoxy) is 2. The maximum atomic E-state index is 10.9. The highest BCUT2D eigenvalue weighted by Gasteiger charge is 2.36. The van der Waals surface area contributed by atoms with Crippen molar-refractivity contribution in [2.75, 3.05) is 7.11 Å². The molecule has 2 unspecified atom stereocenters. The van der Waals surface area contributed by atoms with Gasteiger partial charge in [-0.3, -0.25) is 0 Å². The van der Waals surface area contributed by atoms with Crippen molar-refractivity contribution in [2.45, 2.75) is 18.5 Å². The molecule has 0 aliphatic heterocycles. The summed E-state index contributed by atoms with van der Waals surface area (Å²) in [6.07, 6.45) is 3.70. The summed E-state index contributed by atoms with van der Waals surface area (Å²) in [5.74, 6) is -1.37. The summed E-state index contributed by atoms with van der Waals surface area (Å²) >= 11 is 0. The van der Waals surface area contributed by atoms with Gasteiger partial charge in [0.05, 0.1) is 0 Å². The summed E-state index contributed by atoms with van der Waals surface area (Å²) in [7, 11) is 1.57. The van der Waals surface area contributed by atoms with Crippen molar-refractivity contribution in [3.8, 4) is 0 Å². The molecule has 0 radical (unpaired) electrons. The van der Waals surface area contributed by atoms with E-state index >= 15 is 0 Å². The van der Waals surface area contributed by atoms with Crippen LogP contribution < -0.4 is 0 Å². The molecular formula is C18H18O3. The van der Waals surface area contributed by atoms with E-state index in [0.29, 0.717) is 6.42 Å².